The number of benzene rings is 1. The van der Waals surface area contributed by atoms with E-state index in [9.17, 15) is 4.79 Å². The fourth-order valence-electron chi connectivity index (χ4n) is 3.17. The molecule has 0 unspecified atom stereocenters. The van der Waals surface area contributed by atoms with Crippen LogP contribution in [0.2, 0.25) is 0 Å². The van der Waals surface area contributed by atoms with Gasteiger partial charge in [0.05, 0.1) is 6.54 Å². The van der Waals surface area contributed by atoms with Gasteiger partial charge in [0.2, 0.25) is 5.91 Å². The number of carbonyl (C=O) groups excluding carboxylic acids is 1. The molecule has 1 aliphatic rings. The monoisotopic (exact) mass is 309 g/mol. The topological polar surface area (TPSA) is 64.7 Å². The van der Waals surface area contributed by atoms with Crippen LogP contribution in [0.4, 0.5) is 0 Å². The van der Waals surface area contributed by atoms with Gasteiger partial charge in [-0.05, 0) is 23.9 Å². The zero-order valence-corrected chi connectivity index (χ0v) is 12.9. The molecule has 0 radical (unpaired) electrons. The minimum atomic E-state index is 0.0399. The van der Waals surface area contributed by atoms with Gasteiger partial charge in [-0.3, -0.25) is 4.79 Å². The Labute approximate surface area is 134 Å². The second-order valence-electron chi connectivity index (χ2n) is 5.88. The van der Waals surface area contributed by atoms with Gasteiger partial charge in [0.15, 0.2) is 5.82 Å². The van der Waals surface area contributed by atoms with E-state index in [1.165, 1.54) is 5.39 Å². The van der Waals surface area contributed by atoms with Gasteiger partial charge in [-0.25, -0.2) is 0 Å². The Balaban J connectivity index is 1.33. The molecule has 0 atom stereocenters. The molecule has 3 aromatic rings. The van der Waals surface area contributed by atoms with E-state index < -0.39 is 0 Å². The predicted molar refractivity (Wildman–Crippen MR) is 86.7 cm³/mol. The Bertz CT molecular complexity index is 848. The number of nitrogens with one attached hydrogen (secondary N) is 1. The third-order valence-corrected chi connectivity index (χ3v) is 4.39. The first-order valence-corrected chi connectivity index (χ1v) is 8.03. The van der Waals surface area contributed by atoms with E-state index in [1.807, 2.05) is 18.3 Å². The molecule has 2 aromatic heterocycles. The number of hydrogen-bond donors (Lipinski definition) is 1. The van der Waals surface area contributed by atoms with E-state index in [0.29, 0.717) is 19.5 Å². The summed E-state index contributed by atoms with van der Waals surface area (Å²) in [5, 5.41) is 12.5. The summed E-state index contributed by atoms with van der Waals surface area (Å²) in [6.45, 7) is 2.10. The summed E-state index contributed by atoms with van der Waals surface area (Å²) >= 11 is 0. The number of aromatic nitrogens is 4. The Hall–Kier alpha value is -2.63. The molecule has 0 spiro atoms. The van der Waals surface area contributed by atoms with Crippen molar-refractivity contribution in [3.8, 4) is 0 Å². The zero-order chi connectivity index (χ0) is 15.6. The number of para-hydroxylation sites is 1. The molecule has 1 aromatic carbocycles. The molecular weight excluding hydrogens is 290 g/mol. The van der Waals surface area contributed by atoms with Gasteiger partial charge in [-0.2, -0.15) is 0 Å². The molecule has 0 aliphatic carbocycles. The van der Waals surface area contributed by atoms with Crippen LogP contribution in [0.3, 0.4) is 0 Å². The van der Waals surface area contributed by atoms with Crippen LogP contribution in [0.5, 0.6) is 0 Å². The quantitative estimate of drug-likeness (QED) is 0.782. The highest BCUT2D eigenvalue weighted by Crippen LogP contribution is 2.16. The molecule has 6 nitrogen and oxygen atoms in total. The number of amides is 1. The first-order chi connectivity index (χ1) is 11.3. The average molecular weight is 309 g/mol. The lowest BCUT2D eigenvalue weighted by atomic mass is 10.2. The maximum atomic E-state index is 12.1. The van der Waals surface area contributed by atoms with E-state index >= 15 is 0 Å². The third-order valence-electron chi connectivity index (χ3n) is 4.39. The maximum absolute atomic E-state index is 12.1. The van der Waals surface area contributed by atoms with Crippen LogP contribution in [-0.2, 0) is 30.8 Å². The molecule has 3 heterocycles. The van der Waals surface area contributed by atoms with Gasteiger partial charge < -0.3 is 14.5 Å². The maximum Gasteiger partial charge on any atom is 0.222 e. The highest BCUT2D eigenvalue weighted by atomic mass is 16.1. The van der Waals surface area contributed by atoms with Gasteiger partial charge in [-0.1, -0.05) is 18.2 Å². The summed E-state index contributed by atoms with van der Waals surface area (Å²) in [7, 11) is 0. The molecule has 6 heteroatoms. The largest absolute Gasteiger partial charge is 0.349 e. The van der Waals surface area contributed by atoms with Gasteiger partial charge in [-0.15, -0.1) is 10.2 Å². The lowest BCUT2D eigenvalue weighted by Gasteiger charge is -2.07. The lowest BCUT2D eigenvalue weighted by molar-refractivity contribution is -0.121. The summed E-state index contributed by atoms with van der Waals surface area (Å²) in [4.78, 5) is 12.1. The van der Waals surface area contributed by atoms with Gasteiger partial charge in [0.25, 0.3) is 0 Å². The fraction of sp³-hybridized carbons (Fsp3) is 0.353. The van der Waals surface area contributed by atoms with Crippen LogP contribution in [0, 0.1) is 0 Å². The van der Waals surface area contributed by atoms with Crippen LogP contribution in [0.15, 0.2) is 36.5 Å². The second-order valence-corrected chi connectivity index (χ2v) is 5.88. The summed E-state index contributed by atoms with van der Waals surface area (Å²) in [5.41, 5.74) is 1.16. The standard InChI is InChI=1S/C17H19N5O/c23-17(18-12-16-20-19-15-6-3-9-22(15)16)8-11-21-10-7-13-4-1-2-5-14(13)21/h1-2,4-5,7,10H,3,6,8-9,11-12H2,(H,18,23). The molecule has 118 valence electrons. The van der Waals surface area contributed by atoms with Crippen molar-refractivity contribution in [1.29, 1.82) is 0 Å². The number of hydrogen-bond acceptors (Lipinski definition) is 3. The first kappa shape index (κ1) is 14.0. The van der Waals surface area contributed by atoms with Crippen molar-refractivity contribution in [1.82, 2.24) is 24.6 Å². The SMILES string of the molecule is O=C(CCn1ccc2ccccc21)NCc1nnc2n1CCC2. The van der Waals surface area contributed by atoms with Crippen molar-refractivity contribution in [2.45, 2.75) is 38.9 Å². The first-order valence-electron chi connectivity index (χ1n) is 8.03. The van der Waals surface area contributed by atoms with Gasteiger partial charge in [0.1, 0.15) is 5.82 Å². The number of fused-ring (bicyclic) bond motifs is 2. The van der Waals surface area contributed by atoms with E-state index in [1.54, 1.807) is 0 Å². The van der Waals surface area contributed by atoms with Crippen LogP contribution in [0.25, 0.3) is 10.9 Å². The van der Waals surface area contributed by atoms with Crippen molar-refractivity contribution in [2.75, 3.05) is 0 Å². The molecule has 1 N–H and O–H groups in total. The third kappa shape index (κ3) is 2.72. The second kappa shape index (κ2) is 5.87. The molecule has 0 bridgehead atoms. The normalized spacial score (nSPS) is 13.4. The van der Waals surface area contributed by atoms with Crippen LogP contribution < -0.4 is 5.32 Å². The zero-order valence-electron chi connectivity index (χ0n) is 12.9. The van der Waals surface area contributed by atoms with E-state index in [2.05, 4.69) is 42.8 Å². The molecule has 0 fully saturated rings. The predicted octanol–water partition coefficient (Wildman–Crippen LogP) is 1.89. The summed E-state index contributed by atoms with van der Waals surface area (Å²) in [5.74, 6) is 1.93. The molecular formula is C17H19N5O. The Morgan fingerprint density at radius 2 is 2.13 bits per heavy atom. The molecule has 1 amide bonds. The Morgan fingerprint density at radius 1 is 1.22 bits per heavy atom. The van der Waals surface area contributed by atoms with E-state index in [0.717, 1.165) is 36.6 Å². The lowest BCUT2D eigenvalue weighted by Crippen LogP contribution is -2.25. The van der Waals surface area contributed by atoms with Gasteiger partial charge >= 0.3 is 0 Å². The smallest absolute Gasteiger partial charge is 0.222 e. The minimum absolute atomic E-state index is 0.0399. The van der Waals surface area contributed by atoms with Crippen LogP contribution in [0.1, 0.15) is 24.5 Å². The molecule has 0 saturated carbocycles. The fourth-order valence-corrected chi connectivity index (χ4v) is 3.17. The van der Waals surface area contributed by atoms with Crippen LogP contribution >= 0.6 is 0 Å². The Morgan fingerprint density at radius 3 is 3.09 bits per heavy atom. The summed E-state index contributed by atoms with van der Waals surface area (Å²) in [6, 6.07) is 10.3. The van der Waals surface area contributed by atoms with Crippen molar-refractivity contribution >= 4 is 16.8 Å². The molecule has 4 rings (SSSR count). The van der Waals surface area contributed by atoms with E-state index in [-0.39, 0.29) is 5.91 Å². The molecule has 0 saturated heterocycles. The number of carbonyl (C=O) groups is 1. The summed E-state index contributed by atoms with van der Waals surface area (Å²) in [6.07, 6.45) is 4.59. The average Bonchev–Trinajstić information content (AvgIpc) is 3.27. The van der Waals surface area contributed by atoms with Crippen molar-refractivity contribution in [2.24, 2.45) is 0 Å². The van der Waals surface area contributed by atoms with Crippen molar-refractivity contribution in [3.05, 3.63) is 48.2 Å². The van der Waals surface area contributed by atoms with Crippen LogP contribution in [-0.4, -0.2) is 25.2 Å². The summed E-state index contributed by atoms with van der Waals surface area (Å²) < 4.78 is 4.23. The van der Waals surface area contributed by atoms with Crippen molar-refractivity contribution in [3.63, 3.8) is 0 Å². The minimum Gasteiger partial charge on any atom is -0.349 e. The Kier molecular flexibility index (Phi) is 3.57. The number of nitrogens with zero attached hydrogens (tertiary/aromatic N) is 4. The number of rotatable bonds is 5. The molecule has 23 heavy (non-hydrogen) atoms. The molecule has 1 aliphatic heterocycles. The highest BCUT2D eigenvalue weighted by Gasteiger charge is 2.17. The van der Waals surface area contributed by atoms with Gasteiger partial charge in [0, 0.05) is 37.6 Å². The number of aryl methyl sites for hydroxylation is 2. The van der Waals surface area contributed by atoms with E-state index in [4.69, 9.17) is 0 Å². The highest BCUT2D eigenvalue weighted by molar-refractivity contribution is 5.80. The van der Waals surface area contributed by atoms with Crippen molar-refractivity contribution < 1.29 is 4.79 Å².